The lowest BCUT2D eigenvalue weighted by Gasteiger charge is -2.19. The molecule has 1 aromatic rings. The van der Waals surface area contributed by atoms with Crippen molar-refractivity contribution in [1.29, 1.82) is 0 Å². The molecule has 1 N–H and O–H groups in total. The SMILES string of the molecule is CCC(CC(C)C(=O)OCCCO)c1ccc(OC)cc1. The van der Waals surface area contributed by atoms with Crippen molar-refractivity contribution in [2.45, 2.75) is 39.0 Å². The number of hydrogen-bond donors (Lipinski definition) is 1. The van der Waals surface area contributed by atoms with Gasteiger partial charge >= 0.3 is 5.97 Å². The average molecular weight is 294 g/mol. The average Bonchev–Trinajstić information content (AvgIpc) is 2.52. The molecule has 0 radical (unpaired) electrons. The van der Waals surface area contributed by atoms with Crippen molar-refractivity contribution in [3.63, 3.8) is 0 Å². The Morgan fingerprint density at radius 3 is 2.48 bits per heavy atom. The van der Waals surface area contributed by atoms with Gasteiger partial charge in [-0.2, -0.15) is 0 Å². The van der Waals surface area contributed by atoms with Crippen LogP contribution in [0.15, 0.2) is 24.3 Å². The summed E-state index contributed by atoms with van der Waals surface area (Å²) in [5, 5.41) is 8.69. The summed E-state index contributed by atoms with van der Waals surface area (Å²) in [6.45, 7) is 4.36. The van der Waals surface area contributed by atoms with Crippen molar-refractivity contribution >= 4 is 5.97 Å². The Morgan fingerprint density at radius 2 is 1.95 bits per heavy atom. The third-order valence-corrected chi connectivity index (χ3v) is 3.67. The number of ether oxygens (including phenoxy) is 2. The Hall–Kier alpha value is -1.55. The number of carbonyl (C=O) groups excluding carboxylic acids is 1. The number of benzene rings is 1. The van der Waals surface area contributed by atoms with Gasteiger partial charge in [0.15, 0.2) is 0 Å². The fourth-order valence-electron chi connectivity index (χ4n) is 2.32. The first kappa shape index (κ1) is 17.5. The predicted octanol–water partition coefficient (Wildman–Crippen LogP) is 3.14. The van der Waals surface area contributed by atoms with Gasteiger partial charge in [-0.05, 0) is 36.5 Å². The Morgan fingerprint density at radius 1 is 1.29 bits per heavy atom. The van der Waals surface area contributed by atoms with E-state index in [2.05, 4.69) is 19.1 Å². The fraction of sp³-hybridized carbons (Fsp3) is 0.588. The maximum Gasteiger partial charge on any atom is 0.308 e. The summed E-state index contributed by atoms with van der Waals surface area (Å²) in [6.07, 6.45) is 2.23. The molecule has 21 heavy (non-hydrogen) atoms. The Labute approximate surface area is 127 Å². The summed E-state index contributed by atoms with van der Waals surface area (Å²) < 4.78 is 10.3. The summed E-state index contributed by atoms with van der Waals surface area (Å²) >= 11 is 0. The molecule has 0 aliphatic heterocycles. The second-order valence-corrected chi connectivity index (χ2v) is 5.26. The van der Waals surface area contributed by atoms with Crippen LogP contribution in [0.25, 0.3) is 0 Å². The summed E-state index contributed by atoms with van der Waals surface area (Å²) in [5.74, 6) is 0.840. The molecule has 2 unspecified atom stereocenters. The molecule has 0 aliphatic rings. The highest BCUT2D eigenvalue weighted by Crippen LogP contribution is 2.28. The molecule has 0 aliphatic carbocycles. The lowest BCUT2D eigenvalue weighted by molar-refractivity contribution is -0.148. The van der Waals surface area contributed by atoms with Gasteiger partial charge < -0.3 is 14.6 Å². The first-order chi connectivity index (χ1) is 10.1. The molecule has 1 aromatic carbocycles. The van der Waals surface area contributed by atoms with Crippen molar-refractivity contribution in [1.82, 2.24) is 0 Å². The van der Waals surface area contributed by atoms with E-state index in [0.29, 0.717) is 18.9 Å². The van der Waals surface area contributed by atoms with E-state index in [4.69, 9.17) is 14.6 Å². The second-order valence-electron chi connectivity index (χ2n) is 5.26. The molecule has 2 atom stereocenters. The molecule has 0 fully saturated rings. The summed E-state index contributed by atoms with van der Waals surface area (Å²) in [4.78, 5) is 11.9. The van der Waals surface area contributed by atoms with E-state index in [1.54, 1.807) is 7.11 Å². The molecule has 0 saturated carbocycles. The Balaban J connectivity index is 2.57. The lowest BCUT2D eigenvalue weighted by Crippen LogP contribution is -2.18. The van der Waals surface area contributed by atoms with Crippen LogP contribution in [-0.2, 0) is 9.53 Å². The van der Waals surface area contributed by atoms with Crippen molar-refractivity contribution < 1.29 is 19.4 Å². The van der Waals surface area contributed by atoms with E-state index in [-0.39, 0.29) is 18.5 Å². The number of carbonyl (C=O) groups is 1. The largest absolute Gasteiger partial charge is 0.497 e. The van der Waals surface area contributed by atoms with Crippen LogP contribution in [0.1, 0.15) is 44.6 Å². The van der Waals surface area contributed by atoms with Gasteiger partial charge in [-0.1, -0.05) is 26.0 Å². The normalized spacial score (nSPS) is 13.5. The van der Waals surface area contributed by atoms with Gasteiger partial charge in [0, 0.05) is 13.0 Å². The lowest BCUT2D eigenvalue weighted by atomic mass is 9.87. The van der Waals surface area contributed by atoms with Crippen LogP contribution >= 0.6 is 0 Å². The molecule has 4 nitrogen and oxygen atoms in total. The van der Waals surface area contributed by atoms with E-state index in [9.17, 15) is 4.79 Å². The van der Waals surface area contributed by atoms with E-state index in [0.717, 1.165) is 18.6 Å². The van der Waals surface area contributed by atoms with E-state index >= 15 is 0 Å². The molecule has 118 valence electrons. The van der Waals surface area contributed by atoms with Gasteiger partial charge in [-0.15, -0.1) is 0 Å². The summed E-state index contributed by atoms with van der Waals surface area (Å²) in [5.41, 5.74) is 1.22. The van der Waals surface area contributed by atoms with Crippen LogP contribution in [-0.4, -0.2) is 31.4 Å². The number of aliphatic hydroxyl groups is 1. The van der Waals surface area contributed by atoms with Gasteiger partial charge in [0.1, 0.15) is 5.75 Å². The number of esters is 1. The van der Waals surface area contributed by atoms with Crippen LogP contribution in [0.5, 0.6) is 5.75 Å². The van der Waals surface area contributed by atoms with Gasteiger partial charge in [0.25, 0.3) is 0 Å². The van der Waals surface area contributed by atoms with E-state index < -0.39 is 0 Å². The second kappa shape index (κ2) is 9.40. The molecule has 0 bridgehead atoms. The molecule has 0 aromatic heterocycles. The molecule has 0 heterocycles. The van der Waals surface area contributed by atoms with Crippen LogP contribution in [0, 0.1) is 5.92 Å². The third kappa shape index (κ3) is 5.76. The zero-order valence-electron chi connectivity index (χ0n) is 13.2. The topological polar surface area (TPSA) is 55.8 Å². The molecular formula is C17H26O4. The Kier molecular flexibility index (Phi) is 7.83. The van der Waals surface area contributed by atoms with Crippen LogP contribution in [0.4, 0.5) is 0 Å². The summed E-state index contributed by atoms with van der Waals surface area (Å²) in [6, 6.07) is 8.00. The highest BCUT2D eigenvalue weighted by Gasteiger charge is 2.20. The fourth-order valence-corrected chi connectivity index (χ4v) is 2.32. The minimum Gasteiger partial charge on any atom is -0.497 e. The van der Waals surface area contributed by atoms with Crippen molar-refractivity contribution in [3.05, 3.63) is 29.8 Å². The highest BCUT2D eigenvalue weighted by molar-refractivity contribution is 5.72. The maximum absolute atomic E-state index is 11.9. The number of methoxy groups -OCH3 is 1. The first-order valence-corrected chi connectivity index (χ1v) is 7.53. The molecular weight excluding hydrogens is 268 g/mol. The first-order valence-electron chi connectivity index (χ1n) is 7.53. The van der Waals surface area contributed by atoms with Gasteiger partial charge in [0.05, 0.1) is 19.6 Å². The third-order valence-electron chi connectivity index (χ3n) is 3.67. The number of aliphatic hydroxyl groups excluding tert-OH is 1. The van der Waals surface area contributed by atoms with Gasteiger partial charge in [-0.3, -0.25) is 4.79 Å². The quantitative estimate of drug-likeness (QED) is 0.561. The van der Waals surface area contributed by atoms with Crippen LogP contribution < -0.4 is 4.74 Å². The van der Waals surface area contributed by atoms with Crippen LogP contribution in [0.3, 0.4) is 0 Å². The maximum atomic E-state index is 11.9. The van der Waals surface area contributed by atoms with Gasteiger partial charge in [-0.25, -0.2) is 0 Å². The minimum absolute atomic E-state index is 0.0467. The molecule has 0 amide bonds. The predicted molar refractivity (Wildman–Crippen MR) is 82.5 cm³/mol. The standard InChI is InChI=1S/C17H26O4/c1-4-14(15-6-8-16(20-3)9-7-15)12-13(2)17(19)21-11-5-10-18/h6-9,13-14,18H,4-5,10-12H2,1-3H3. The summed E-state index contributed by atoms with van der Waals surface area (Å²) in [7, 11) is 1.65. The molecule has 0 spiro atoms. The van der Waals surface area contributed by atoms with Crippen molar-refractivity contribution in [3.8, 4) is 5.75 Å². The highest BCUT2D eigenvalue weighted by atomic mass is 16.5. The van der Waals surface area contributed by atoms with Crippen molar-refractivity contribution in [2.75, 3.05) is 20.3 Å². The molecule has 1 rings (SSSR count). The number of hydrogen-bond acceptors (Lipinski definition) is 4. The monoisotopic (exact) mass is 294 g/mol. The molecule has 4 heteroatoms. The smallest absolute Gasteiger partial charge is 0.308 e. The zero-order valence-corrected chi connectivity index (χ0v) is 13.2. The van der Waals surface area contributed by atoms with Gasteiger partial charge in [0.2, 0.25) is 0 Å². The van der Waals surface area contributed by atoms with Crippen LogP contribution in [0.2, 0.25) is 0 Å². The van der Waals surface area contributed by atoms with E-state index in [1.165, 1.54) is 5.56 Å². The molecule has 0 saturated heterocycles. The zero-order chi connectivity index (χ0) is 15.7. The van der Waals surface area contributed by atoms with Crippen molar-refractivity contribution in [2.24, 2.45) is 5.92 Å². The number of rotatable bonds is 9. The Bertz CT molecular complexity index is 413. The van der Waals surface area contributed by atoms with E-state index in [1.807, 2.05) is 19.1 Å². The minimum atomic E-state index is -0.185.